The van der Waals surface area contributed by atoms with Crippen LogP contribution in [0.1, 0.15) is 27.2 Å². The van der Waals surface area contributed by atoms with E-state index >= 15 is 0 Å². The minimum absolute atomic E-state index is 0.0267. The van der Waals surface area contributed by atoms with Crippen molar-refractivity contribution in [2.75, 3.05) is 5.73 Å². The Kier molecular flexibility index (Phi) is 2.83. The highest BCUT2D eigenvalue weighted by atomic mass is 16.1. The normalized spacial score (nSPS) is 10.9. The van der Waals surface area contributed by atoms with Crippen LogP contribution in [0.3, 0.4) is 0 Å². The van der Waals surface area contributed by atoms with Crippen molar-refractivity contribution in [2.45, 2.75) is 13.8 Å². The van der Waals surface area contributed by atoms with Crippen LogP contribution in [0.25, 0.3) is 10.9 Å². The fourth-order valence-electron chi connectivity index (χ4n) is 2.57. The van der Waals surface area contributed by atoms with E-state index in [0.29, 0.717) is 16.8 Å². The quantitative estimate of drug-likeness (QED) is 0.549. The number of aromatic nitrogens is 1. The summed E-state index contributed by atoms with van der Waals surface area (Å²) in [5.41, 5.74) is 10.6. The Morgan fingerprint density at radius 2 is 1.85 bits per heavy atom. The van der Waals surface area contributed by atoms with Gasteiger partial charge in [-0.1, -0.05) is 29.8 Å². The molecule has 3 nitrogen and oxygen atoms in total. The SMILES string of the molecule is Cc1ccc(N)c(C(=O)c2c(C)[nH]c3ccccc23)c1. The van der Waals surface area contributed by atoms with Crippen LogP contribution >= 0.6 is 0 Å². The molecule has 0 radical (unpaired) electrons. The molecule has 3 rings (SSSR count). The predicted molar refractivity (Wildman–Crippen MR) is 82.1 cm³/mol. The molecule has 0 unspecified atom stereocenters. The number of carbonyl (C=O) groups is 1. The van der Waals surface area contributed by atoms with Crippen molar-refractivity contribution < 1.29 is 4.79 Å². The molecule has 0 aliphatic rings. The second-order valence-corrected chi connectivity index (χ2v) is 5.09. The maximum Gasteiger partial charge on any atom is 0.197 e. The Morgan fingerprint density at radius 1 is 1.10 bits per heavy atom. The molecule has 1 heterocycles. The molecule has 0 atom stereocenters. The van der Waals surface area contributed by atoms with E-state index in [1.165, 1.54) is 0 Å². The van der Waals surface area contributed by atoms with Crippen LogP contribution in [0.2, 0.25) is 0 Å². The molecule has 0 amide bonds. The van der Waals surface area contributed by atoms with Gasteiger partial charge in [-0.05, 0) is 32.0 Å². The number of aromatic amines is 1. The molecule has 0 saturated carbocycles. The number of nitrogen functional groups attached to an aromatic ring is 1. The highest BCUT2D eigenvalue weighted by Gasteiger charge is 2.19. The van der Waals surface area contributed by atoms with Gasteiger partial charge in [0.15, 0.2) is 5.78 Å². The maximum atomic E-state index is 12.8. The van der Waals surface area contributed by atoms with Gasteiger partial charge in [0.05, 0.1) is 5.56 Å². The van der Waals surface area contributed by atoms with Crippen LogP contribution < -0.4 is 5.73 Å². The summed E-state index contributed by atoms with van der Waals surface area (Å²) in [6, 6.07) is 13.4. The molecule has 100 valence electrons. The first-order chi connectivity index (χ1) is 9.58. The number of hydrogen-bond donors (Lipinski definition) is 2. The van der Waals surface area contributed by atoms with Crippen molar-refractivity contribution in [3.63, 3.8) is 0 Å². The number of ketones is 1. The molecule has 0 bridgehead atoms. The second-order valence-electron chi connectivity index (χ2n) is 5.09. The molecule has 1 aromatic heterocycles. The molecule has 3 aromatic rings. The number of nitrogens with two attached hydrogens (primary N) is 1. The van der Waals surface area contributed by atoms with E-state index in [4.69, 9.17) is 5.73 Å². The topological polar surface area (TPSA) is 58.9 Å². The molecular weight excluding hydrogens is 248 g/mol. The lowest BCUT2D eigenvalue weighted by molar-refractivity contribution is 0.104. The number of rotatable bonds is 2. The highest BCUT2D eigenvalue weighted by molar-refractivity contribution is 6.19. The van der Waals surface area contributed by atoms with E-state index in [2.05, 4.69) is 4.98 Å². The van der Waals surface area contributed by atoms with E-state index in [1.807, 2.05) is 50.2 Å². The Labute approximate surface area is 117 Å². The number of benzene rings is 2. The summed E-state index contributed by atoms with van der Waals surface area (Å²) >= 11 is 0. The van der Waals surface area contributed by atoms with Gasteiger partial charge in [-0.2, -0.15) is 0 Å². The van der Waals surface area contributed by atoms with E-state index in [0.717, 1.165) is 22.2 Å². The Bertz CT molecular complexity index is 815. The Morgan fingerprint density at radius 3 is 2.65 bits per heavy atom. The third-order valence-electron chi connectivity index (χ3n) is 3.57. The third-order valence-corrected chi connectivity index (χ3v) is 3.57. The molecule has 0 fully saturated rings. The standard InChI is InChI=1S/C17H16N2O/c1-10-7-8-14(18)13(9-10)17(20)16-11(2)19-15-6-4-3-5-12(15)16/h3-9,19H,18H2,1-2H3. The Balaban J connectivity index is 2.22. The number of anilines is 1. The van der Waals surface area contributed by atoms with Crippen molar-refractivity contribution in [1.29, 1.82) is 0 Å². The first kappa shape index (κ1) is 12.5. The molecule has 0 aliphatic heterocycles. The summed E-state index contributed by atoms with van der Waals surface area (Å²) in [5, 5.41) is 0.941. The van der Waals surface area contributed by atoms with E-state index in [1.54, 1.807) is 6.07 Å². The first-order valence-electron chi connectivity index (χ1n) is 6.56. The second kappa shape index (κ2) is 4.53. The fraction of sp³-hybridized carbons (Fsp3) is 0.118. The lowest BCUT2D eigenvalue weighted by Gasteiger charge is -2.06. The zero-order valence-corrected chi connectivity index (χ0v) is 11.5. The zero-order valence-electron chi connectivity index (χ0n) is 11.5. The largest absolute Gasteiger partial charge is 0.398 e. The molecular formula is C17H16N2O. The summed E-state index contributed by atoms with van der Waals surface area (Å²) < 4.78 is 0. The minimum atomic E-state index is -0.0267. The van der Waals surface area contributed by atoms with Gasteiger partial charge in [-0.3, -0.25) is 4.79 Å². The number of para-hydroxylation sites is 1. The molecule has 0 aliphatic carbocycles. The summed E-state index contributed by atoms with van der Waals surface area (Å²) in [7, 11) is 0. The van der Waals surface area contributed by atoms with Crippen molar-refractivity contribution in [3.8, 4) is 0 Å². The predicted octanol–water partition coefficient (Wildman–Crippen LogP) is 3.60. The molecule has 0 spiro atoms. The average Bonchev–Trinajstić information content (AvgIpc) is 2.76. The van der Waals surface area contributed by atoms with E-state index in [-0.39, 0.29) is 5.78 Å². The lowest BCUT2D eigenvalue weighted by atomic mass is 9.98. The number of nitrogens with one attached hydrogen (secondary N) is 1. The van der Waals surface area contributed by atoms with Gasteiger partial charge in [-0.15, -0.1) is 0 Å². The maximum absolute atomic E-state index is 12.8. The molecule has 2 aromatic carbocycles. The summed E-state index contributed by atoms with van der Waals surface area (Å²) in [5.74, 6) is -0.0267. The van der Waals surface area contributed by atoms with Crippen LogP contribution in [0.15, 0.2) is 42.5 Å². The highest BCUT2D eigenvalue weighted by Crippen LogP contribution is 2.26. The molecule has 3 heteroatoms. The van der Waals surface area contributed by atoms with Crippen LogP contribution in [-0.2, 0) is 0 Å². The lowest BCUT2D eigenvalue weighted by Crippen LogP contribution is -2.06. The summed E-state index contributed by atoms with van der Waals surface area (Å²) in [6.07, 6.45) is 0. The van der Waals surface area contributed by atoms with Crippen molar-refractivity contribution >= 4 is 22.4 Å². The molecule has 3 N–H and O–H groups in total. The van der Waals surface area contributed by atoms with E-state index < -0.39 is 0 Å². The van der Waals surface area contributed by atoms with Crippen LogP contribution in [0.5, 0.6) is 0 Å². The van der Waals surface area contributed by atoms with Gasteiger partial charge in [0.25, 0.3) is 0 Å². The zero-order chi connectivity index (χ0) is 14.3. The van der Waals surface area contributed by atoms with Gasteiger partial charge >= 0.3 is 0 Å². The third kappa shape index (κ3) is 1.88. The van der Waals surface area contributed by atoms with Gasteiger partial charge < -0.3 is 10.7 Å². The fourth-order valence-corrected chi connectivity index (χ4v) is 2.57. The summed E-state index contributed by atoms with van der Waals surface area (Å²) in [6.45, 7) is 3.87. The van der Waals surface area contributed by atoms with Gasteiger partial charge in [0.1, 0.15) is 0 Å². The van der Waals surface area contributed by atoms with Crippen LogP contribution in [0.4, 0.5) is 5.69 Å². The van der Waals surface area contributed by atoms with Crippen LogP contribution in [-0.4, -0.2) is 10.8 Å². The smallest absolute Gasteiger partial charge is 0.197 e. The van der Waals surface area contributed by atoms with Crippen molar-refractivity contribution in [3.05, 3.63) is 64.8 Å². The monoisotopic (exact) mass is 264 g/mol. The van der Waals surface area contributed by atoms with Crippen LogP contribution in [0, 0.1) is 13.8 Å². The van der Waals surface area contributed by atoms with E-state index in [9.17, 15) is 4.79 Å². The molecule has 0 saturated heterocycles. The average molecular weight is 264 g/mol. The number of fused-ring (bicyclic) bond motifs is 1. The van der Waals surface area contributed by atoms with Crippen molar-refractivity contribution in [2.24, 2.45) is 0 Å². The summed E-state index contributed by atoms with van der Waals surface area (Å²) in [4.78, 5) is 16.1. The molecule has 20 heavy (non-hydrogen) atoms. The van der Waals surface area contributed by atoms with Gasteiger partial charge in [0, 0.05) is 27.8 Å². The number of carbonyl (C=O) groups excluding carboxylic acids is 1. The number of H-pyrrole nitrogens is 1. The first-order valence-corrected chi connectivity index (χ1v) is 6.56. The minimum Gasteiger partial charge on any atom is -0.398 e. The van der Waals surface area contributed by atoms with Crippen molar-refractivity contribution in [1.82, 2.24) is 4.98 Å². The number of aryl methyl sites for hydroxylation is 2. The van der Waals surface area contributed by atoms with Gasteiger partial charge in [0.2, 0.25) is 0 Å². The van der Waals surface area contributed by atoms with Gasteiger partial charge in [-0.25, -0.2) is 0 Å². The Hall–Kier alpha value is -2.55. The number of hydrogen-bond acceptors (Lipinski definition) is 2.